The number of hydrogen-bond donors (Lipinski definition) is 2. The van der Waals surface area contributed by atoms with Crippen LogP contribution in [0.5, 0.6) is 0 Å². The number of oxime groups is 1. The van der Waals surface area contributed by atoms with Crippen molar-refractivity contribution in [1.29, 1.82) is 0 Å². The highest BCUT2D eigenvalue weighted by Crippen LogP contribution is 2.33. The molecule has 0 spiro atoms. The summed E-state index contributed by atoms with van der Waals surface area (Å²) >= 11 is 6.27. The van der Waals surface area contributed by atoms with E-state index in [0.29, 0.717) is 22.7 Å². The molecule has 21 heavy (non-hydrogen) atoms. The first-order valence-corrected chi connectivity index (χ1v) is 7.76. The van der Waals surface area contributed by atoms with Gasteiger partial charge in [0.1, 0.15) is 0 Å². The van der Waals surface area contributed by atoms with Gasteiger partial charge in [0.15, 0.2) is 5.84 Å². The fourth-order valence-electron chi connectivity index (χ4n) is 3.58. The quantitative estimate of drug-likeness (QED) is 0.380. The fourth-order valence-corrected chi connectivity index (χ4v) is 3.85. The predicted octanol–water partition coefficient (Wildman–Crippen LogP) is 2.11. The van der Waals surface area contributed by atoms with E-state index in [1.807, 2.05) is 12.1 Å². The van der Waals surface area contributed by atoms with Crippen LogP contribution in [0.25, 0.3) is 0 Å². The molecule has 0 saturated carbocycles. The van der Waals surface area contributed by atoms with E-state index in [2.05, 4.69) is 21.9 Å². The summed E-state index contributed by atoms with van der Waals surface area (Å²) in [5.41, 5.74) is 7.41. The van der Waals surface area contributed by atoms with Gasteiger partial charge in [-0.3, -0.25) is 4.90 Å². The van der Waals surface area contributed by atoms with Crippen LogP contribution in [0.3, 0.4) is 0 Å². The lowest BCUT2D eigenvalue weighted by Gasteiger charge is -2.44. The van der Waals surface area contributed by atoms with Crippen LogP contribution in [0.1, 0.15) is 25.3 Å². The lowest BCUT2D eigenvalue weighted by atomic mass is 10.0. The average molecular weight is 309 g/mol. The number of piperazine rings is 1. The van der Waals surface area contributed by atoms with E-state index in [1.165, 1.54) is 19.4 Å². The maximum absolute atomic E-state index is 9.03. The molecule has 3 rings (SSSR count). The highest BCUT2D eigenvalue weighted by Gasteiger charge is 2.35. The molecule has 114 valence electrons. The zero-order chi connectivity index (χ0) is 15.0. The molecule has 1 aromatic carbocycles. The van der Waals surface area contributed by atoms with Crippen LogP contribution < -0.4 is 10.6 Å². The van der Waals surface area contributed by atoms with Gasteiger partial charge in [-0.05, 0) is 38.4 Å². The predicted molar refractivity (Wildman–Crippen MR) is 85.4 cm³/mol. The summed E-state index contributed by atoms with van der Waals surface area (Å²) in [7, 11) is 0. The highest BCUT2D eigenvalue weighted by molar-refractivity contribution is 6.34. The molecule has 2 aliphatic heterocycles. The Morgan fingerprint density at radius 1 is 1.43 bits per heavy atom. The highest BCUT2D eigenvalue weighted by atomic mass is 35.5. The Labute approximate surface area is 130 Å². The molecule has 0 bridgehead atoms. The number of hydrogen-bond acceptors (Lipinski definition) is 4. The average Bonchev–Trinajstić information content (AvgIpc) is 2.92. The van der Waals surface area contributed by atoms with Crippen molar-refractivity contribution in [2.45, 2.75) is 31.8 Å². The van der Waals surface area contributed by atoms with E-state index >= 15 is 0 Å². The largest absolute Gasteiger partial charge is 0.409 e. The van der Waals surface area contributed by atoms with Crippen molar-refractivity contribution >= 4 is 23.1 Å². The molecule has 2 heterocycles. The monoisotopic (exact) mass is 308 g/mol. The van der Waals surface area contributed by atoms with Crippen molar-refractivity contribution in [2.24, 2.45) is 10.9 Å². The van der Waals surface area contributed by atoms with Crippen LogP contribution >= 0.6 is 11.6 Å². The standard InChI is InChI=1S/C15H21ClN4O/c1-10-8-19-7-3-4-11(19)9-20(10)13-6-2-5-12(16)14(13)15(17)18-21/h2,5-6,10-11,21H,3-4,7-9H2,1H3,(H2,17,18). The molecule has 2 atom stereocenters. The minimum Gasteiger partial charge on any atom is -0.409 e. The van der Waals surface area contributed by atoms with Gasteiger partial charge in [0.2, 0.25) is 0 Å². The number of benzene rings is 1. The fraction of sp³-hybridized carbons (Fsp3) is 0.533. The lowest BCUT2D eigenvalue weighted by Crippen LogP contribution is -2.55. The molecule has 2 aliphatic rings. The topological polar surface area (TPSA) is 65.1 Å². The van der Waals surface area contributed by atoms with Gasteiger partial charge >= 0.3 is 0 Å². The van der Waals surface area contributed by atoms with Gasteiger partial charge in [0, 0.05) is 30.9 Å². The molecule has 2 fully saturated rings. The smallest absolute Gasteiger partial charge is 0.173 e. The Balaban J connectivity index is 1.98. The van der Waals surface area contributed by atoms with E-state index in [4.69, 9.17) is 22.5 Å². The third-order valence-corrected chi connectivity index (χ3v) is 4.92. The Morgan fingerprint density at radius 3 is 3.00 bits per heavy atom. The van der Waals surface area contributed by atoms with Crippen LogP contribution in [-0.2, 0) is 0 Å². The molecular formula is C15H21ClN4O. The van der Waals surface area contributed by atoms with Crippen molar-refractivity contribution in [2.75, 3.05) is 24.5 Å². The summed E-state index contributed by atoms with van der Waals surface area (Å²) in [6.07, 6.45) is 2.51. The Hall–Kier alpha value is -1.46. The number of nitrogens with two attached hydrogens (primary N) is 1. The molecule has 6 heteroatoms. The lowest BCUT2D eigenvalue weighted by molar-refractivity contribution is 0.203. The first-order valence-electron chi connectivity index (χ1n) is 7.39. The zero-order valence-electron chi connectivity index (χ0n) is 12.2. The van der Waals surface area contributed by atoms with E-state index in [1.54, 1.807) is 6.07 Å². The summed E-state index contributed by atoms with van der Waals surface area (Å²) in [6.45, 7) is 5.43. The third-order valence-electron chi connectivity index (χ3n) is 4.60. The van der Waals surface area contributed by atoms with Gasteiger partial charge < -0.3 is 15.8 Å². The number of nitrogens with zero attached hydrogens (tertiary/aromatic N) is 3. The number of halogens is 1. The maximum Gasteiger partial charge on any atom is 0.173 e. The summed E-state index contributed by atoms with van der Waals surface area (Å²) in [4.78, 5) is 4.90. The first kappa shape index (κ1) is 14.5. The van der Waals surface area contributed by atoms with Crippen molar-refractivity contribution < 1.29 is 5.21 Å². The van der Waals surface area contributed by atoms with Crippen molar-refractivity contribution in [1.82, 2.24) is 4.90 Å². The van der Waals surface area contributed by atoms with Gasteiger partial charge in [-0.1, -0.05) is 22.8 Å². The Morgan fingerprint density at radius 2 is 2.24 bits per heavy atom. The summed E-state index contributed by atoms with van der Waals surface area (Å²) in [6, 6.07) is 6.66. The molecule has 0 aromatic heterocycles. The zero-order valence-corrected chi connectivity index (χ0v) is 12.9. The SMILES string of the molecule is CC1CN2CCCC2CN1c1cccc(Cl)c1/C(N)=N/O. The number of amidine groups is 1. The molecule has 0 aliphatic carbocycles. The van der Waals surface area contributed by atoms with Crippen LogP contribution in [-0.4, -0.2) is 47.7 Å². The number of anilines is 1. The number of fused-ring (bicyclic) bond motifs is 1. The minimum absolute atomic E-state index is 0.0663. The van der Waals surface area contributed by atoms with Crippen LogP contribution in [0.15, 0.2) is 23.4 Å². The van der Waals surface area contributed by atoms with E-state index in [9.17, 15) is 0 Å². The van der Waals surface area contributed by atoms with E-state index < -0.39 is 0 Å². The Kier molecular flexibility index (Phi) is 3.95. The maximum atomic E-state index is 9.03. The van der Waals surface area contributed by atoms with E-state index in [-0.39, 0.29) is 5.84 Å². The normalized spacial score (nSPS) is 27.0. The second-order valence-corrected chi connectivity index (χ2v) is 6.32. The van der Waals surface area contributed by atoms with Gasteiger partial charge in [-0.25, -0.2) is 0 Å². The second kappa shape index (κ2) is 5.73. The summed E-state index contributed by atoms with van der Waals surface area (Å²) < 4.78 is 0. The molecule has 3 N–H and O–H groups in total. The minimum atomic E-state index is 0.0663. The molecule has 5 nitrogen and oxygen atoms in total. The molecule has 2 saturated heterocycles. The molecule has 0 amide bonds. The molecule has 0 radical (unpaired) electrons. The van der Waals surface area contributed by atoms with Crippen LogP contribution in [0.2, 0.25) is 5.02 Å². The molecule has 2 unspecified atom stereocenters. The summed E-state index contributed by atoms with van der Waals surface area (Å²) in [5.74, 6) is 0.0663. The van der Waals surface area contributed by atoms with Crippen molar-refractivity contribution in [3.05, 3.63) is 28.8 Å². The summed E-state index contributed by atoms with van der Waals surface area (Å²) in [5, 5.41) is 12.7. The second-order valence-electron chi connectivity index (χ2n) is 5.91. The van der Waals surface area contributed by atoms with Gasteiger partial charge in [0.05, 0.1) is 10.6 Å². The van der Waals surface area contributed by atoms with Crippen molar-refractivity contribution in [3.8, 4) is 0 Å². The van der Waals surface area contributed by atoms with Crippen LogP contribution in [0.4, 0.5) is 5.69 Å². The Bertz CT molecular complexity index is 563. The molecule has 1 aromatic rings. The third kappa shape index (κ3) is 2.56. The van der Waals surface area contributed by atoms with Crippen LogP contribution in [0, 0.1) is 0 Å². The van der Waals surface area contributed by atoms with Gasteiger partial charge in [0.25, 0.3) is 0 Å². The van der Waals surface area contributed by atoms with Gasteiger partial charge in [-0.2, -0.15) is 0 Å². The molecular weight excluding hydrogens is 288 g/mol. The van der Waals surface area contributed by atoms with E-state index in [0.717, 1.165) is 18.8 Å². The van der Waals surface area contributed by atoms with Gasteiger partial charge in [-0.15, -0.1) is 0 Å². The first-order chi connectivity index (χ1) is 10.1. The van der Waals surface area contributed by atoms with Crippen molar-refractivity contribution in [3.63, 3.8) is 0 Å². The number of rotatable bonds is 2.